The first-order valence-corrected chi connectivity index (χ1v) is 9.61. The number of anilines is 1. The van der Waals surface area contributed by atoms with E-state index < -0.39 is 10.0 Å². The van der Waals surface area contributed by atoms with E-state index in [0.29, 0.717) is 30.2 Å². The van der Waals surface area contributed by atoms with E-state index in [0.717, 1.165) is 11.3 Å². The van der Waals surface area contributed by atoms with E-state index in [1.54, 1.807) is 11.6 Å². The Bertz CT molecular complexity index is 1060. The number of fused-ring (bicyclic) bond motifs is 1. The van der Waals surface area contributed by atoms with Crippen LogP contribution in [0.4, 0.5) is 5.82 Å². The molecule has 0 spiro atoms. The van der Waals surface area contributed by atoms with Crippen molar-refractivity contribution in [2.45, 2.75) is 24.8 Å². The third kappa shape index (κ3) is 2.65. The molecule has 1 aliphatic rings. The topological polar surface area (TPSA) is 107 Å². The summed E-state index contributed by atoms with van der Waals surface area (Å²) in [6, 6.07) is 9.44. The quantitative estimate of drug-likeness (QED) is 0.745. The molecule has 134 valence electrons. The van der Waals surface area contributed by atoms with Crippen LogP contribution in [-0.2, 0) is 23.0 Å². The molecule has 2 N–H and O–H groups in total. The normalized spacial score (nSPS) is 15.0. The van der Waals surface area contributed by atoms with E-state index in [4.69, 9.17) is 5.73 Å². The summed E-state index contributed by atoms with van der Waals surface area (Å²) in [7, 11) is -3.69. The first-order chi connectivity index (χ1) is 12.5. The third-order valence-electron chi connectivity index (χ3n) is 4.59. The van der Waals surface area contributed by atoms with Gasteiger partial charge < -0.3 is 5.73 Å². The Labute approximate surface area is 151 Å². The summed E-state index contributed by atoms with van der Waals surface area (Å²) in [5, 5.41) is 4.27. The molecule has 0 amide bonds. The maximum atomic E-state index is 13.1. The Kier molecular flexibility index (Phi) is 3.97. The summed E-state index contributed by atoms with van der Waals surface area (Å²) in [5.74, 6) is 0.417. The van der Waals surface area contributed by atoms with Crippen LogP contribution in [0.25, 0.3) is 5.69 Å². The van der Waals surface area contributed by atoms with Crippen molar-refractivity contribution >= 4 is 15.8 Å². The molecule has 0 saturated heterocycles. The number of aromatic nitrogens is 4. The van der Waals surface area contributed by atoms with Gasteiger partial charge in [-0.15, -0.1) is 0 Å². The number of nitrogens with two attached hydrogens (primary N) is 1. The van der Waals surface area contributed by atoms with Crippen LogP contribution in [0.2, 0.25) is 0 Å². The maximum Gasteiger partial charge on any atom is 0.246 e. The fourth-order valence-electron chi connectivity index (χ4n) is 3.18. The number of para-hydroxylation sites is 1. The van der Waals surface area contributed by atoms with Crippen LogP contribution in [0.3, 0.4) is 0 Å². The van der Waals surface area contributed by atoms with E-state index in [9.17, 15) is 8.42 Å². The van der Waals surface area contributed by atoms with Crippen molar-refractivity contribution in [3.63, 3.8) is 0 Å². The number of sulfonamides is 1. The Morgan fingerprint density at radius 3 is 2.69 bits per heavy atom. The van der Waals surface area contributed by atoms with Gasteiger partial charge in [0.2, 0.25) is 10.0 Å². The highest BCUT2D eigenvalue weighted by Gasteiger charge is 2.32. The Hall–Kier alpha value is -2.78. The van der Waals surface area contributed by atoms with Gasteiger partial charge >= 0.3 is 0 Å². The summed E-state index contributed by atoms with van der Waals surface area (Å²) in [6.07, 6.45) is 3.26. The molecule has 9 heteroatoms. The zero-order valence-corrected chi connectivity index (χ0v) is 15.0. The first-order valence-electron chi connectivity index (χ1n) is 8.17. The van der Waals surface area contributed by atoms with Crippen molar-refractivity contribution in [1.82, 2.24) is 24.1 Å². The number of rotatable bonds is 3. The lowest BCUT2D eigenvalue weighted by molar-refractivity contribution is 0.385. The van der Waals surface area contributed by atoms with Crippen LogP contribution in [0.15, 0.2) is 47.8 Å². The van der Waals surface area contributed by atoms with Crippen molar-refractivity contribution < 1.29 is 8.42 Å². The van der Waals surface area contributed by atoms with Gasteiger partial charge in [0.25, 0.3) is 0 Å². The molecule has 4 rings (SSSR count). The highest BCUT2D eigenvalue weighted by Crippen LogP contribution is 2.27. The van der Waals surface area contributed by atoms with E-state index in [1.807, 2.05) is 30.3 Å². The minimum absolute atomic E-state index is 0.181. The molecule has 0 saturated carbocycles. The lowest BCUT2D eigenvalue weighted by Crippen LogP contribution is -2.37. The fourth-order valence-corrected chi connectivity index (χ4v) is 4.72. The second kappa shape index (κ2) is 6.19. The molecular formula is C17H18N6O2S. The minimum atomic E-state index is -3.69. The van der Waals surface area contributed by atoms with Gasteiger partial charge in [-0.1, -0.05) is 18.2 Å². The van der Waals surface area contributed by atoms with Gasteiger partial charge in [-0.05, 0) is 25.5 Å². The van der Waals surface area contributed by atoms with Crippen LogP contribution >= 0.6 is 0 Å². The number of hydrogen-bond donors (Lipinski definition) is 1. The number of benzene rings is 1. The van der Waals surface area contributed by atoms with Gasteiger partial charge in [-0.25, -0.2) is 23.1 Å². The van der Waals surface area contributed by atoms with E-state index in [-0.39, 0.29) is 11.4 Å². The summed E-state index contributed by atoms with van der Waals surface area (Å²) in [5.41, 5.74) is 8.74. The maximum absolute atomic E-state index is 13.1. The number of hydrogen-bond acceptors (Lipinski definition) is 6. The molecular weight excluding hydrogens is 352 g/mol. The highest BCUT2D eigenvalue weighted by molar-refractivity contribution is 7.89. The molecule has 0 atom stereocenters. The minimum Gasteiger partial charge on any atom is -0.383 e. The van der Waals surface area contributed by atoms with Crippen LogP contribution in [0.5, 0.6) is 0 Å². The molecule has 0 unspecified atom stereocenters. The molecule has 2 aromatic heterocycles. The van der Waals surface area contributed by atoms with Gasteiger partial charge in [-0.2, -0.15) is 9.40 Å². The standard InChI is InChI=1S/C17H18N6O2S/c1-12-16(9-21-23(12)13-5-3-2-4-6-13)26(24,25)22-8-7-14-15(10-22)19-11-20-17(14)18/h2-6,9,11H,7-8,10H2,1H3,(H2,18,19,20). The van der Waals surface area contributed by atoms with Gasteiger partial charge in [0.1, 0.15) is 17.0 Å². The van der Waals surface area contributed by atoms with Crippen molar-refractivity contribution in [3.05, 3.63) is 59.8 Å². The molecule has 3 heterocycles. The molecule has 1 aliphatic heterocycles. The average Bonchev–Trinajstić information content (AvgIpc) is 3.04. The second-order valence-electron chi connectivity index (χ2n) is 6.11. The van der Waals surface area contributed by atoms with Crippen molar-refractivity contribution in [2.75, 3.05) is 12.3 Å². The molecule has 0 aliphatic carbocycles. The average molecular weight is 370 g/mol. The summed E-state index contributed by atoms with van der Waals surface area (Å²) < 4.78 is 29.3. The van der Waals surface area contributed by atoms with Gasteiger partial charge in [-0.3, -0.25) is 0 Å². The molecule has 26 heavy (non-hydrogen) atoms. The lowest BCUT2D eigenvalue weighted by atomic mass is 10.1. The first kappa shape index (κ1) is 16.7. The molecule has 3 aromatic rings. The van der Waals surface area contributed by atoms with Crippen molar-refractivity contribution in [1.29, 1.82) is 0 Å². The van der Waals surface area contributed by atoms with Crippen LogP contribution in [0, 0.1) is 6.92 Å². The number of nitrogen functional groups attached to an aromatic ring is 1. The molecule has 0 fully saturated rings. The van der Waals surface area contributed by atoms with Gasteiger partial charge in [0.15, 0.2) is 0 Å². The monoisotopic (exact) mass is 370 g/mol. The molecule has 0 bridgehead atoms. The summed E-state index contributed by atoms with van der Waals surface area (Å²) in [6.45, 7) is 2.27. The molecule has 8 nitrogen and oxygen atoms in total. The van der Waals surface area contributed by atoms with Gasteiger partial charge in [0.05, 0.1) is 29.8 Å². The van der Waals surface area contributed by atoms with Crippen molar-refractivity contribution in [2.24, 2.45) is 0 Å². The lowest BCUT2D eigenvalue weighted by Gasteiger charge is -2.27. The van der Waals surface area contributed by atoms with Crippen LogP contribution in [-0.4, -0.2) is 39.0 Å². The largest absolute Gasteiger partial charge is 0.383 e. The SMILES string of the molecule is Cc1c(S(=O)(=O)N2CCc3c(N)ncnc3C2)cnn1-c1ccccc1. The predicted molar refractivity (Wildman–Crippen MR) is 96.0 cm³/mol. The third-order valence-corrected chi connectivity index (χ3v) is 6.54. The Morgan fingerprint density at radius 2 is 1.92 bits per heavy atom. The Morgan fingerprint density at radius 1 is 1.15 bits per heavy atom. The smallest absolute Gasteiger partial charge is 0.246 e. The summed E-state index contributed by atoms with van der Waals surface area (Å²) >= 11 is 0. The van der Waals surface area contributed by atoms with Crippen LogP contribution < -0.4 is 5.73 Å². The fraction of sp³-hybridized carbons (Fsp3) is 0.235. The highest BCUT2D eigenvalue weighted by atomic mass is 32.2. The Balaban J connectivity index is 1.69. The molecule has 0 radical (unpaired) electrons. The van der Waals surface area contributed by atoms with Gasteiger partial charge in [0, 0.05) is 12.1 Å². The van der Waals surface area contributed by atoms with Crippen molar-refractivity contribution in [3.8, 4) is 5.69 Å². The van der Waals surface area contributed by atoms with E-state index in [2.05, 4.69) is 15.1 Å². The summed E-state index contributed by atoms with van der Waals surface area (Å²) in [4.78, 5) is 8.37. The van der Waals surface area contributed by atoms with E-state index in [1.165, 1.54) is 16.8 Å². The van der Waals surface area contributed by atoms with Crippen LogP contribution in [0.1, 0.15) is 17.0 Å². The number of nitrogens with zero attached hydrogens (tertiary/aromatic N) is 5. The van der Waals surface area contributed by atoms with E-state index >= 15 is 0 Å². The molecule has 1 aromatic carbocycles. The second-order valence-corrected chi connectivity index (χ2v) is 8.02. The zero-order valence-electron chi connectivity index (χ0n) is 14.2. The zero-order chi connectivity index (χ0) is 18.3. The predicted octanol–water partition coefficient (Wildman–Crippen LogP) is 1.30.